The Bertz CT molecular complexity index is 695. The fourth-order valence-electron chi connectivity index (χ4n) is 2.98. The Morgan fingerprint density at radius 3 is 1.10 bits per heavy atom. The number of aliphatic hydroxyl groups is 1. The van der Waals surface area contributed by atoms with Gasteiger partial charge in [0.2, 0.25) is 5.91 Å². The van der Waals surface area contributed by atoms with Crippen LogP contribution in [0, 0.1) is 0 Å². The van der Waals surface area contributed by atoms with Crippen LogP contribution in [0.2, 0.25) is 0 Å². The van der Waals surface area contributed by atoms with Crippen molar-refractivity contribution < 1.29 is 57.3 Å². The predicted octanol–water partition coefficient (Wildman–Crippen LogP) is 1.17. The van der Waals surface area contributed by atoms with E-state index in [4.69, 9.17) is 52.5 Å². The molecule has 0 heterocycles. The van der Waals surface area contributed by atoms with E-state index in [0.717, 1.165) is 5.69 Å². The topological polar surface area (TPSA) is 142 Å². The van der Waals surface area contributed by atoms with Gasteiger partial charge < -0.3 is 57.8 Å². The zero-order valence-electron chi connectivity index (χ0n) is 24.4. The second-order valence-electron chi connectivity index (χ2n) is 8.29. The minimum atomic E-state index is -0.109. The van der Waals surface area contributed by atoms with E-state index in [2.05, 4.69) is 5.32 Å². The van der Waals surface area contributed by atoms with E-state index in [1.54, 1.807) is 24.3 Å². The van der Waals surface area contributed by atoms with Gasteiger partial charge in [0.15, 0.2) is 0 Å². The van der Waals surface area contributed by atoms with Crippen LogP contribution in [-0.2, 0) is 47.4 Å². The summed E-state index contributed by atoms with van der Waals surface area (Å²) in [5.41, 5.74) is 0.731. The summed E-state index contributed by atoms with van der Waals surface area (Å²) < 4.78 is 54.1. The number of amides is 1. The van der Waals surface area contributed by atoms with Crippen LogP contribution in [0.3, 0.4) is 0 Å². The Hall–Kier alpha value is -1.91. The number of carbonyl (C=O) groups excluding carboxylic acids is 1. The minimum absolute atomic E-state index is 0.0231. The van der Waals surface area contributed by atoms with Gasteiger partial charge in [-0.1, -0.05) is 0 Å². The van der Waals surface area contributed by atoms with Gasteiger partial charge in [0.05, 0.1) is 126 Å². The summed E-state index contributed by atoms with van der Waals surface area (Å²) in [4.78, 5) is 11.0. The summed E-state index contributed by atoms with van der Waals surface area (Å²) in [6, 6.07) is 7.17. The molecule has 0 unspecified atom stereocenters. The molecule has 0 spiro atoms. The maximum absolute atomic E-state index is 11.0. The van der Waals surface area contributed by atoms with Gasteiger partial charge in [0, 0.05) is 12.6 Å². The lowest BCUT2D eigenvalue weighted by Gasteiger charge is -2.09. The van der Waals surface area contributed by atoms with E-state index in [1.807, 2.05) is 0 Å². The van der Waals surface area contributed by atoms with Gasteiger partial charge in [-0.05, 0) is 24.3 Å². The largest absolute Gasteiger partial charge is 0.491 e. The zero-order chi connectivity index (χ0) is 29.5. The molecule has 1 amide bonds. The SMILES string of the molecule is CC(=O)Nc1ccc(OCCOCCOCCOCCOCCOCCOCCOCCOCCOCCO)cc1. The van der Waals surface area contributed by atoms with E-state index in [-0.39, 0.29) is 12.5 Å². The molecule has 1 aromatic rings. The van der Waals surface area contributed by atoms with Crippen molar-refractivity contribution in [2.45, 2.75) is 6.92 Å². The normalized spacial score (nSPS) is 11.2. The van der Waals surface area contributed by atoms with Gasteiger partial charge in [0.1, 0.15) is 12.4 Å². The van der Waals surface area contributed by atoms with Crippen LogP contribution < -0.4 is 10.1 Å². The fraction of sp³-hybridized carbons (Fsp3) is 0.750. The third kappa shape index (κ3) is 26.7. The Kier molecular flexibility index (Phi) is 26.8. The molecule has 0 aliphatic rings. The quantitative estimate of drug-likeness (QED) is 0.120. The summed E-state index contributed by atoms with van der Waals surface area (Å²) in [6.07, 6.45) is 0. The van der Waals surface area contributed by atoms with Gasteiger partial charge in [0.25, 0.3) is 0 Å². The first kappa shape index (κ1) is 37.1. The minimum Gasteiger partial charge on any atom is -0.491 e. The van der Waals surface area contributed by atoms with Crippen molar-refractivity contribution in [3.05, 3.63) is 24.3 Å². The molecule has 0 radical (unpaired) electrons. The molecule has 41 heavy (non-hydrogen) atoms. The fourth-order valence-corrected chi connectivity index (χ4v) is 2.98. The van der Waals surface area contributed by atoms with Gasteiger partial charge in [-0.15, -0.1) is 0 Å². The number of benzene rings is 1. The molecule has 0 aromatic heterocycles. The third-order valence-corrected chi connectivity index (χ3v) is 4.88. The first-order valence-electron chi connectivity index (χ1n) is 14.0. The van der Waals surface area contributed by atoms with E-state index < -0.39 is 0 Å². The zero-order valence-corrected chi connectivity index (χ0v) is 24.4. The number of rotatable bonds is 31. The average Bonchev–Trinajstić information content (AvgIpc) is 2.97. The van der Waals surface area contributed by atoms with E-state index in [9.17, 15) is 4.79 Å². The van der Waals surface area contributed by atoms with Gasteiger partial charge in [-0.3, -0.25) is 4.79 Å². The summed E-state index contributed by atoms with van der Waals surface area (Å²) in [7, 11) is 0. The van der Waals surface area contributed by atoms with Crippen molar-refractivity contribution in [2.24, 2.45) is 0 Å². The molecule has 0 fully saturated rings. The molecule has 0 saturated heterocycles. The molecular formula is C28H49NO12. The van der Waals surface area contributed by atoms with Crippen LogP contribution in [0.25, 0.3) is 0 Å². The highest BCUT2D eigenvalue weighted by Gasteiger charge is 1.98. The molecular weight excluding hydrogens is 542 g/mol. The summed E-state index contributed by atoms with van der Waals surface area (Å²) in [6.45, 7) is 10.6. The lowest BCUT2D eigenvalue weighted by Crippen LogP contribution is -2.15. The molecule has 238 valence electrons. The number of hydrogen-bond donors (Lipinski definition) is 2. The summed E-state index contributed by atoms with van der Waals surface area (Å²) in [5, 5.41) is 11.3. The third-order valence-electron chi connectivity index (χ3n) is 4.88. The Labute approximate surface area is 243 Å². The Morgan fingerprint density at radius 2 is 0.805 bits per heavy atom. The second-order valence-corrected chi connectivity index (χ2v) is 8.29. The summed E-state index contributed by atoms with van der Waals surface area (Å²) >= 11 is 0. The lowest BCUT2D eigenvalue weighted by molar-refractivity contribution is -0.114. The first-order valence-corrected chi connectivity index (χ1v) is 14.0. The Morgan fingerprint density at radius 1 is 0.512 bits per heavy atom. The first-order chi connectivity index (χ1) is 20.2. The van der Waals surface area contributed by atoms with Crippen molar-refractivity contribution in [3.8, 4) is 5.75 Å². The second kappa shape index (κ2) is 29.6. The average molecular weight is 592 g/mol. The van der Waals surface area contributed by atoms with E-state index in [1.165, 1.54) is 6.92 Å². The van der Waals surface area contributed by atoms with Crippen LogP contribution in [0.15, 0.2) is 24.3 Å². The van der Waals surface area contributed by atoms with Crippen molar-refractivity contribution in [1.82, 2.24) is 0 Å². The molecule has 2 N–H and O–H groups in total. The van der Waals surface area contributed by atoms with Crippen molar-refractivity contribution in [3.63, 3.8) is 0 Å². The highest BCUT2D eigenvalue weighted by Crippen LogP contribution is 2.15. The summed E-state index contributed by atoms with van der Waals surface area (Å²) in [5.74, 6) is 0.607. The van der Waals surface area contributed by atoms with E-state index >= 15 is 0 Å². The maximum Gasteiger partial charge on any atom is 0.221 e. The van der Waals surface area contributed by atoms with Crippen molar-refractivity contribution in [2.75, 3.05) is 137 Å². The molecule has 0 atom stereocenters. The monoisotopic (exact) mass is 591 g/mol. The number of carbonyl (C=O) groups is 1. The number of aliphatic hydroxyl groups excluding tert-OH is 1. The molecule has 0 aliphatic heterocycles. The molecule has 13 heteroatoms. The van der Waals surface area contributed by atoms with Gasteiger partial charge in [-0.25, -0.2) is 0 Å². The van der Waals surface area contributed by atoms with Crippen molar-refractivity contribution >= 4 is 11.6 Å². The highest BCUT2D eigenvalue weighted by atomic mass is 16.6. The molecule has 0 bridgehead atoms. The number of nitrogens with one attached hydrogen (secondary N) is 1. The van der Waals surface area contributed by atoms with E-state index in [0.29, 0.717) is 131 Å². The lowest BCUT2D eigenvalue weighted by atomic mass is 10.3. The standard InChI is InChI=1S/C28H49NO12/c1-26(31)29-27-2-4-28(5-3-27)41-25-24-40-23-22-39-21-20-38-19-18-37-17-16-36-15-14-35-13-12-34-11-10-33-9-8-32-7-6-30/h2-5,30H,6-25H2,1H3,(H,29,31). The molecule has 1 rings (SSSR count). The van der Waals surface area contributed by atoms with Crippen LogP contribution in [0.1, 0.15) is 6.92 Å². The predicted molar refractivity (Wildman–Crippen MR) is 151 cm³/mol. The van der Waals surface area contributed by atoms with Crippen LogP contribution in [-0.4, -0.2) is 143 Å². The molecule has 0 aliphatic carbocycles. The van der Waals surface area contributed by atoms with Crippen LogP contribution in [0.5, 0.6) is 5.75 Å². The van der Waals surface area contributed by atoms with Crippen LogP contribution in [0.4, 0.5) is 5.69 Å². The van der Waals surface area contributed by atoms with Crippen LogP contribution >= 0.6 is 0 Å². The molecule has 0 saturated carbocycles. The number of ether oxygens (including phenoxy) is 10. The maximum atomic E-state index is 11.0. The molecule has 13 nitrogen and oxygen atoms in total. The number of anilines is 1. The Balaban J connectivity index is 1.68. The van der Waals surface area contributed by atoms with Gasteiger partial charge in [-0.2, -0.15) is 0 Å². The van der Waals surface area contributed by atoms with Gasteiger partial charge >= 0.3 is 0 Å². The smallest absolute Gasteiger partial charge is 0.221 e. The number of hydrogen-bond acceptors (Lipinski definition) is 12. The molecule has 1 aromatic carbocycles. The highest BCUT2D eigenvalue weighted by molar-refractivity contribution is 5.88. The van der Waals surface area contributed by atoms with Crippen molar-refractivity contribution in [1.29, 1.82) is 0 Å².